The second kappa shape index (κ2) is 13.1. The zero-order valence-corrected chi connectivity index (χ0v) is 25.0. The Morgan fingerprint density at radius 1 is 0.951 bits per heavy atom. The van der Waals surface area contributed by atoms with Gasteiger partial charge in [-0.15, -0.1) is 0 Å². The van der Waals surface area contributed by atoms with E-state index < -0.39 is 0 Å². The van der Waals surface area contributed by atoms with E-state index in [1.807, 2.05) is 20.2 Å². The third kappa shape index (κ3) is 7.29. The Hall–Kier alpha value is -3.36. The number of anilines is 3. The molecule has 1 aromatic heterocycles. The van der Waals surface area contributed by atoms with E-state index in [0.29, 0.717) is 32.8 Å². The topological polar surface area (TPSA) is 99.3 Å². The Kier molecular flexibility index (Phi) is 9.30. The fraction of sp³-hybridized carbons (Fsp3) is 0.419. The molecule has 2 aliphatic carbocycles. The van der Waals surface area contributed by atoms with Gasteiger partial charge in [-0.2, -0.15) is 4.98 Å². The summed E-state index contributed by atoms with van der Waals surface area (Å²) in [6.45, 7) is 0. The van der Waals surface area contributed by atoms with Gasteiger partial charge in [0.2, 0.25) is 11.9 Å². The Morgan fingerprint density at radius 3 is 2.44 bits per heavy atom. The van der Waals surface area contributed by atoms with Crippen molar-refractivity contribution in [1.29, 1.82) is 0 Å². The molecule has 0 atom stereocenters. The average Bonchev–Trinajstić information content (AvgIpc) is 2.95. The van der Waals surface area contributed by atoms with Gasteiger partial charge >= 0.3 is 0 Å². The third-order valence-corrected chi connectivity index (χ3v) is 8.35. The first-order valence-corrected chi connectivity index (χ1v) is 15.0. The molecule has 0 saturated heterocycles. The molecule has 8 nitrogen and oxygen atoms in total. The highest BCUT2D eigenvalue weighted by Gasteiger charge is 2.25. The summed E-state index contributed by atoms with van der Waals surface area (Å²) in [7, 11) is 4.07. The fourth-order valence-corrected chi connectivity index (χ4v) is 6.16. The van der Waals surface area contributed by atoms with Crippen molar-refractivity contribution >= 4 is 52.5 Å². The maximum atomic E-state index is 13.0. The van der Waals surface area contributed by atoms with Gasteiger partial charge in [0, 0.05) is 42.3 Å². The van der Waals surface area contributed by atoms with Crippen LogP contribution >= 0.6 is 23.2 Å². The van der Waals surface area contributed by atoms with Gasteiger partial charge in [-0.3, -0.25) is 9.59 Å². The van der Waals surface area contributed by atoms with E-state index in [1.54, 1.807) is 36.4 Å². The number of nitrogens with zero attached hydrogens (tertiary/aromatic N) is 3. The monoisotopic (exact) mass is 594 g/mol. The van der Waals surface area contributed by atoms with Gasteiger partial charge in [-0.1, -0.05) is 41.4 Å². The van der Waals surface area contributed by atoms with Crippen LogP contribution < -0.4 is 20.9 Å². The summed E-state index contributed by atoms with van der Waals surface area (Å²) in [6.07, 6.45) is 8.10. The minimum atomic E-state index is -0.328. The molecule has 41 heavy (non-hydrogen) atoms. The van der Waals surface area contributed by atoms with E-state index in [0.717, 1.165) is 44.3 Å². The summed E-state index contributed by atoms with van der Waals surface area (Å²) in [5.74, 6) is 1.30. The number of rotatable bonds is 8. The first-order chi connectivity index (χ1) is 19.8. The van der Waals surface area contributed by atoms with Crippen LogP contribution in [0.25, 0.3) is 0 Å². The van der Waals surface area contributed by atoms with Crippen molar-refractivity contribution in [2.75, 3.05) is 29.6 Å². The van der Waals surface area contributed by atoms with Crippen LogP contribution in [-0.2, 0) is 24.1 Å². The summed E-state index contributed by atoms with van der Waals surface area (Å²) >= 11 is 12.2. The highest BCUT2D eigenvalue weighted by Crippen LogP contribution is 2.30. The van der Waals surface area contributed by atoms with Crippen molar-refractivity contribution in [1.82, 2.24) is 15.3 Å². The van der Waals surface area contributed by atoms with Crippen LogP contribution in [0.15, 0.2) is 42.5 Å². The van der Waals surface area contributed by atoms with Gasteiger partial charge in [0.1, 0.15) is 5.82 Å². The number of benzene rings is 2. The predicted molar refractivity (Wildman–Crippen MR) is 165 cm³/mol. The smallest absolute Gasteiger partial charge is 0.255 e. The molecule has 1 heterocycles. The number of aryl methyl sites for hydroxylation is 1. The van der Waals surface area contributed by atoms with Gasteiger partial charge in [0.15, 0.2) is 0 Å². The number of amides is 2. The zero-order chi connectivity index (χ0) is 28.9. The number of carbonyl (C=O) groups excluding carboxylic acids is 2. The Morgan fingerprint density at radius 2 is 1.68 bits per heavy atom. The van der Waals surface area contributed by atoms with Crippen LogP contribution in [0.1, 0.15) is 65.7 Å². The largest absolute Gasteiger partial charge is 0.362 e. The molecule has 0 aliphatic heterocycles. The summed E-state index contributed by atoms with van der Waals surface area (Å²) < 4.78 is 0. The molecule has 2 amide bonds. The predicted octanol–water partition coefficient (Wildman–Crippen LogP) is 6.06. The van der Waals surface area contributed by atoms with Crippen molar-refractivity contribution in [2.24, 2.45) is 0 Å². The lowest BCUT2D eigenvalue weighted by atomic mass is 9.91. The lowest BCUT2D eigenvalue weighted by Crippen LogP contribution is -2.41. The summed E-state index contributed by atoms with van der Waals surface area (Å²) in [5, 5.41) is 10.4. The van der Waals surface area contributed by atoms with Gasteiger partial charge in [-0.05, 0) is 81.2 Å². The van der Waals surface area contributed by atoms with E-state index in [2.05, 4.69) is 20.9 Å². The van der Waals surface area contributed by atoms with Crippen LogP contribution in [0.4, 0.5) is 17.5 Å². The van der Waals surface area contributed by atoms with Crippen LogP contribution in [-0.4, -0.2) is 48.0 Å². The number of carbonyl (C=O) groups is 2. The van der Waals surface area contributed by atoms with Crippen molar-refractivity contribution in [2.45, 2.75) is 69.9 Å². The standard InChI is InChI=1S/C31H36Cl2N6O2/c1-39(2)29-24-9-5-6-10-26(24)37-31(38-29)35-22-14-12-21(13-15-22)34-28(40)17-19-7-3-4-8-23(19)30(41)36-27-16-11-20(32)18-25(27)33/h3-4,7-8,11,16,18,21-22H,5-6,9-10,12-15,17H2,1-2H3,(H,34,40)(H,36,41)(H,35,37,38)/t21-,22+. The quantitative estimate of drug-likeness (QED) is 0.293. The number of hydrogen-bond donors (Lipinski definition) is 3. The minimum absolute atomic E-state index is 0.0937. The summed E-state index contributed by atoms with van der Waals surface area (Å²) in [6, 6.07) is 12.4. The van der Waals surface area contributed by atoms with E-state index in [4.69, 9.17) is 33.2 Å². The lowest BCUT2D eigenvalue weighted by Gasteiger charge is -2.30. The number of fused-ring (bicyclic) bond motifs is 1. The van der Waals surface area contributed by atoms with Gasteiger partial charge < -0.3 is 20.9 Å². The molecule has 2 aliphatic rings. The zero-order valence-electron chi connectivity index (χ0n) is 23.5. The molecule has 1 fully saturated rings. The first-order valence-electron chi connectivity index (χ1n) is 14.2. The molecular formula is C31H36Cl2N6O2. The molecule has 216 valence electrons. The average molecular weight is 596 g/mol. The van der Waals surface area contributed by atoms with Crippen LogP contribution in [0, 0.1) is 0 Å². The molecule has 3 aromatic rings. The highest BCUT2D eigenvalue weighted by molar-refractivity contribution is 6.36. The normalized spacial score (nSPS) is 18.2. The SMILES string of the molecule is CN(C)c1nc(N[C@H]2CC[C@@H](NC(=O)Cc3ccccc3C(=O)Nc3ccc(Cl)cc3Cl)CC2)nc2c1CCCC2. The number of aromatic nitrogens is 2. The third-order valence-electron chi connectivity index (χ3n) is 7.80. The number of hydrogen-bond acceptors (Lipinski definition) is 6. The summed E-state index contributed by atoms with van der Waals surface area (Å²) in [4.78, 5) is 37.8. The second-order valence-corrected chi connectivity index (χ2v) is 11.9. The minimum Gasteiger partial charge on any atom is -0.362 e. The van der Waals surface area contributed by atoms with Crippen LogP contribution in [0.5, 0.6) is 0 Å². The molecule has 10 heteroatoms. The van der Waals surface area contributed by atoms with Crippen molar-refractivity contribution in [3.8, 4) is 0 Å². The molecule has 0 bridgehead atoms. The molecule has 0 unspecified atom stereocenters. The van der Waals surface area contributed by atoms with Crippen molar-refractivity contribution in [3.05, 3.63) is 74.9 Å². The Bertz CT molecular complexity index is 1420. The van der Waals surface area contributed by atoms with Crippen molar-refractivity contribution in [3.63, 3.8) is 0 Å². The maximum Gasteiger partial charge on any atom is 0.255 e. The van der Waals surface area contributed by atoms with E-state index in [9.17, 15) is 9.59 Å². The molecule has 5 rings (SSSR count). The van der Waals surface area contributed by atoms with E-state index >= 15 is 0 Å². The maximum absolute atomic E-state index is 13.0. The van der Waals surface area contributed by atoms with E-state index in [1.165, 1.54) is 24.1 Å². The Labute approximate surface area is 251 Å². The number of halogens is 2. The Balaban J connectivity index is 1.15. The molecule has 1 saturated carbocycles. The fourth-order valence-electron chi connectivity index (χ4n) is 5.70. The molecular weight excluding hydrogens is 559 g/mol. The first kappa shape index (κ1) is 29.1. The van der Waals surface area contributed by atoms with Crippen LogP contribution in [0.3, 0.4) is 0 Å². The van der Waals surface area contributed by atoms with Crippen molar-refractivity contribution < 1.29 is 9.59 Å². The lowest BCUT2D eigenvalue weighted by molar-refractivity contribution is -0.121. The number of nitrogens with one attached hydrogen (secondary N) is 3. The van der Waals surface area contributed by atoms with Gasteiger partial charge in [-0.25, -0.2) is 4.98 Å². The molecule has 3 N–H and O–H groups in total. The molecule has 0 spiro atoms. The highest BCUT2D eigenvalue weighted by atomic mass is 35.5. The second-order valence-electron chi connectivity index (χ2n) is 11.1. The van der Waals surface area contributed by atoms with Crippen LogP contribution in [0.2, 0.25) is 10.0 Å². The molecule has 0 radical (unpaired) electrons. The summed E-state index contributed by atoms with van der Waals surface area (Å²) in [5.41, 5.74) is 4.01. The molecule has 2 aromatic carbocycles. The van der Waals surface area contributed by atoms with Gasteiger partial charge in [0.25, 0.3) is 5.91 Å². The van der Waals surface area contributed by atoms with Gasteiger partial charge in [0.05, 0.1) is 22.8 Å². The van der Waals surface area contributed by atoms with E-state index in [-0.39, 0.29) is 30.3 Å².